The van der Waals surface area contributed by atoms with Crippen molar-refractivity contribution in [2.45, 2.75) is 12.5 Å². The minimum absolute atomic E-state index is 0.0136. The van der Waals surface area contributed by atoms with Gasteiger partial charge in [0.2, 0.25) is 11.2 Å². The van der Waals surface area contributed by atoms with Crippen molar-refractivity contribution in [2.24, 2.45) is 0 Å². The predicted octanol–water partition coefficient (Wildman–Crippen LogP) is 1.16. The third kappa shape index (κ3) is 4.22. The Labute approximate surface area is 138 Å². The van der Waals surface area contributed by atoms with Crippen LogP contribution in [0, 0.1) is 0 Å². The molecule has 2 rings (SSSR count). The van der Waals surface area contributed by atoms with Crippen LogP contribution in [0.1, 0.15) is 16.1 Å². The van der Waals surface area contributed by atoms with Crippen molar-refractivity contribution >= 4 is 11.9 Å². The van der Waals surface area contributed by atoms with Gasteiger partial charge >= 0.3 is 5.97 Å². The van der Waals surface area contributed by atoms with Gasteiger partial charge in [-0.05, 0) is 5.56 Å². The topological polar surface area (TPSA) is 94.8 Å². The van der Waals surface area contributed by atoms with Crippen LogP contribution in [0.25, 0.3) is 0 Å². The maximum atomic E-state index is 12.2. The fourth-order valence-corrected chi connectivity index (χ4v) is 2.08. The van der Waals surface area contributed by atoms with Gasteiger partial charge in [-0.3, -0.25) is 9.59 Å². The fourth-order valence-electron chi connectivity index (χ4n) is 2.08. The molecule has 7 heteroatoms. The average molecular weight is 331 g/mol. The first-order chi connectivity index (χ1) is 11.5. The Morgan fingerprint density at radius 1 is 1.21 bits per heavy atom. The summed E-state index contributed by atoms with van der Waals surface area (Å²) < 4.78 is 14.6. The lowest BCUT2D eigenvalue weighted by atomic mass is 10.1. The molecule has 7 nitrogen and oxygen atoms in total. The summed E-state index contributed by atoms with van der Waals surface area (Å²) >= 11 is 0. The number of nitrogens with one attached hydrogen (secondary N) is 1. The number of benzene rings is 1. The summed E-state index contributed by atoms with van der Waals surface area (Å²) in [6.07, 6.45) is 1.29. The molecule has 1 amide bonds. The van der Waals surface area contributed by atoms with E-state index >= 15 is 0 Å². The van der Waals surface area contributed by atoms with Gasteiger partial charge in [0, 0.05) is 12.5 Å². The Morgan fingerprint density at radius 2 is 1.92 bits per heavy atom. The lowest BCUT2D eigenvalue weighted by molar-refractivity contribution is -0.142. The van der Waals surface area contributed by atoms with Gasteiger partial charge in [0.15, 0.2) is 5.76 Å². The fraction of sp³-hybridized carbons (Fsp3) is 0.235. The number of methoxy groups -OCH3 is 2. The molecule has 1 atom stereocenters. The number of amides is 1. The molecule has 1 heterocycles. The molecule has 0 aliphatic rings. The summed E-state index contributed by atoms with van der Waals surface area (Å²) in [5, 5.41) is 2.51. The van der Waals surface area contributed by atoms with Crippen molar-refractivity contribution in [3.8, 4) is 5.75 Å². The van der Waals surface area contributed by atoms with E-state index in [9.17, 15) is 14.4 Å². The third-order valence-corrected chi connectivity index (χ3v) is 3.32. The molecule has 2 aromatic rings. The highest BCUT2D eigenvalue weighted by Gasteiger charge is 2.24. The van der Waals surface area contributed by atoms with E-state index in [-0.39, 0.29) is 17.9 Å². The number of carbonyl (C=O) groups is 2. The summed E-state index contributed by atoms with van der Waals surface area (Å²) in [6, 6.07) is 9.26. The zero-order chi connectivity index (χ0) is 17.5. The zero-order valence-electron chi connectivity index (χ0n) is 13.3. The van der Waals surface area contributed by atoms with Crippen LogP contribution in [0.2, 0.25) is 0 Å². The van der Waals surface area contributed by atoms with E-state index < -0.39 is 23.3 Å². The van der Waals surface area contributed by atoms with Crippen LogP contribution in [-0.2, 0) is 16.0 Å². The highest BCUT2D eigenvalue weighted by Crippen LogP contribution is 2.08. The van der Waals surface area contributed by atoms with E-state index in [1.165, 1.54) is 14.2 Å². The molecule has 126 valence electrons. The van der Waals surface area contributed by atoms with E-state index in [2.05, 4.69) is 5.32 Å². The molecule has 0 fully saturated rings. The van der Waals surface area contributed by atoms with E-state index in [1.807, 2.05) is 30.3 Å². The largest absolute Gasteiger partial charge is 0.490 e. The number of ether oxygens (including phenoxy) is 2. The molecular weight excluding hydrogens is 314 g/mol. The molecule has 24 heavy (non-hydrogen) atoms. The van der Waals surface area contributed by atoms with Crippen molar-refractivity contribution in [3.63, 3.8) is 0 Å². The second-order valence-corrected chi connectivity index (χ2v) is 4.92. The summed E-state index contributed by atoms with van der Waals surface area (Å²) in [7, 11) is 2.55. The third-order valence-electron chi connectivity index (χ3n) is 3.32. The number of carbonyl (C=O) groups excluding carboxylic acids is 2. The van der Waals surface area contributed by atoms with Gasteiger partial charge in [-0.1, -0.05) is 30.3 Å². The van der Waals surface area contributed by atoms with Crippen LogP contribution in [0.3, 0.4) is 0 Å². The Kier molecular flexibility index (Phi) is 5.73. The molecule has 0 saturated heterocycles. The Balaban J connectivity index is 2.16. The first-order valence-corrected chi connectivity index (χ1v) is 7.14. The minimum Gasteiger partial charge on any atom is -0.490 e. The lowest BCUT2D eigenvalue weighted by Crippen LogP contribution is -2.43. The van der Waals surface area contributed by atoms with Gasteiger partial charge < -0.3 is 19.2 Å². The molecule has 0 unspecified atom stereocenters. The van der Waals surface area contributed by atoms with Gasteiger partial charge in [0.25, 0.3) is 5.91 Å². The molecular formula is C17H17NO6. The minimum atomic E-state index is -0.905. The first kappa shape index (κ1) is 17.3. The number of rotatable bonds is 6. The molecule has 0 radical (unpaired) electrons. The van der Waals surface area contributed by atoms with Gasteiger partial charge in [-0.2, -0.15) is 0 Å². The van der Waals surface area contributed by atoms with E-state index in [0.717, 1.165) is 17.9 Å². The molecule has 0 saturated carbocycles. The van der Waals surface area contributed by atoms with Gasteiger partial charge in [0.05, 0.1) is 14.2 Å². The average Bonchev–Trinajstić information content (AvgIpc) is 2.61. The monoisotopic (exact) mass is 331 g/mol. The highest BCUT2D eigenvalue weighted by atomic mass is 16.5. The molecule has 0 bridgehead atoms. The maximum absolute atomic E-state index is 12.2. The lowest BCUT2D eigenvalue weighted by Gasteiger charge is -2.16. The summed E-state index contributed by atoms with van der Waals surface area (Å²) in [6.45, 7) is 0. The Morgan fingerprint density at radius 3 is 2.50 bits per heavy atom. The molecule has 1 aromatic carbocycles. The van der Waals surface area contributed by atoms with Crippen molar-refractivity contribution in [1.29, 1.82) is 0 Å². The zero-order valence-corrected chi connectivity index (χ0v) is 13.3. The molecule has 0 spiro atoms. The smallest absolute Gasteiger partial charge is 0.328 e. The van der Waals surface area contributed by atoms with Gasteiger partial charge in [-0.25, -0.2) is 4.79 Å². The molecule has 1 N–H and O–H groups in total. The molecule has 0 aliphatic heterocycles. The number of hydrogen-bond acceptors (Lipinski definition) is 6. The SMILES string of the molecule is COC(=O)[C@H](Cc1ccccc1)NC(=O)c1cc(=O)c(OC)co1. The summed E-state index contributed by atoms with van der Waals surface area (Å²) in [5.74, 6) is -1.52. The second-order valence-electron chi connectivity index (χ2n) is 4.92. The second kappa shape index (κ2) is 7.96. The van der Waals surface area contributed by atoms with Crippen molar-refractivity contribution < 1.29 is 23.5 Å². The number of esters is 1. The van der Waals surface area contributed by atoms with Crippen LogP contribution in [0.4, 0.5) is 0 Å². The normalized spacial score (nSPS) is 11.4. The van der Waals surface area contributed by atoms with Crippen molar-refractivity contribution in [2.75, 3.05) is 14.2 Å². The van der Waals surface area contributed by atoms with Gasteiger partial charge in [-0.15, -0.1) is 0 Å². The predicted molar refractivity (Wildman–Crippen MR) is 84.9 cm³/mol. The van der Waals surface area contributed by atoms with Crippen molar-refractivity contribution in [1.82, 2.24) is 5.32 Å². The van der Waals surface area contributed by atoms with E-state index in [4.69, 9.17) is 13.9 Å². The van der Waals surface area contributed by atoms with Crippen LogP contribution in [-0.4, -0.2) is 32.1 Å². The van der Waals surface area contributed by atoms with Crippen LogP contribution in [0.5, 0.6) is 5.75 Å². The molecule has 1 aromatic heterocycles. The number of hydrogen-bond donors (Lipinski definition) is 1. The molecule has 0 aliphatic carbocycles. The van der Waals surface area contributed by atoms with Crippen molar-refractivity contribution in [3.05, 3.63) is 64.2 Å². The summed E-state index contributed by atoms with van der Waals surface area (Å²) in [5.41, 5.74) is 0.357. The van der Waals surface area contributed by atoms with Crippen LogP contribution >= 0.6 is 0 Å². The van der Waals surface area contributed by atoms with E-state index in [0.29, 0.717) is 0 Å². The standard InChI is InChI=1S/C17H17NO6/c1-22-15-10-24-14(9-13(15)19)16(20)18-12(17(21)23-2)8-11-6-4-3-5-7-11/h3-7,9-10,12H,8H2,1-2H3,(H,18,20)/t12-/m0/s1. The first-order valence-electron chi connectivity index (χ1n) is 7.14. The Bertz CT molecular complexity index is 768. The van der Waals surface area contributed by atoms with Gasteiger partial charge in [0.1, 0.15) is 12.3 Å². The Hall–Kier alpha value is -3.09. The van der Waals surface area contributed by atoms with E-state index in [1.54, 1.807) is 0 Å². The summed E-state index contributed by atoms with van der Waals surface area (Å²) in [4.78, 5) is 35.8. The van der Waals surface area contributed by atoms with Crippen LogP contribution < -0.4 is 15.5 Å². The highest BCUT2D eigenvalue weighted by molar-refractivity contribution is 5.94. The van der Waals surface area contributed by atoms with Crippen LogP contribution in [0.15, 0.2) is 51.9 Å². The quantitative estimate of drug-likeness (QED) is 0.798. The maximum Gasteiger partial charge on any atom is 0.328 e.